The molecule has 0 unspecified atom stereocenters. The Balaban J connectivity index is 2.04. The second-order valence-electron chi connectivity index (χ2n) is 6.48. The maximum atomic E-state index is 12.7. The fourth-order valence-corrected chi connectivity index (χ4v) is 2.83. The van der Waals surface area contributed by atoms with E-state index in [-0.39, 0.29) is 27.7 Å². The smallest absolute Gasteiger partial charge is 0.274 e. The number of nitrogens with zero attached hydrogens (tertiary/aromatic N) is 1. The van der Waals surface area contributed by atoms with E-state index in [1.54, 1.807) is 74.8 Å². The first-order valence-electron chi connectivity index (χ1n) is 8.92. The van der Waals surface area contributed by atoms with Crippen LogP contribution in [-0.2, 0) is 11.8 Å². The lowest BCUT2D eigenvalue weighted by molar-refractivity contribution is -0.114. The number of nitrogens with one attached hydrogen (secondary N) is 2. The maximum Gasteiger partial charge on any atom is 0.274 e. The van der Waals surface area contributed by atoms with Crippen LogP contribution in [0.3, 0.4) is 0 Å². The summed E-state index contributed by atoms with van der Waals surface area (Å²) in [5, 5.41) is 3.10. The molecule has 0 aliphatic rings. The molecule has 0 aliphatic heterocycles. The third-order valence-electron chi connectivity index (χ3n) is 4.34. The fourth-order valence-electron chi connectivity index (χ4n) is 2.83. The summed E-state index contributed by atoms with van der Waals surface area (Å²) in [6.45, 7) is 1.43. The molecule has 148 valence electrons. The zero-order valence-electron chi connectivity index (χ0n) is 16.4. The van der Waals surface area contributed by atoms with Gasteiger partial charge in [-0.25, -0.2) is 0 Å². The standard InChI is InChI=1S/C22H21N3O4/c1-14(26)23-17-8-4-15(5-9-17)12-19-22(28)25(2)20(21(27)24-19)13-16-6-10-18(29-3)11-7-16/h4-13H,1-3H3,(H,23,26)(H,24,27)/b19-12-,20-13-. The predicted octanol–water partition coefficient (Wildman–Crippen LogP) is 0.698. The molecular weight excluding hydrogens is 370 g/mol. The zero-order valence-corrected chi connectivity index (χ0v) is 16.4. The number of methoxy groups -OCH3 is 1. The zero-order chi connectivity index (χ0) is 21.0. The molecule has 7 nitrogen and oxygen atoms in total. The normalized spacial score (nSPS) is 12.1. The van der Waals surface area contributed by atoms with Gasteiger partial charge >= 0.3 is 0 Å². The second kappa shape index (κ2) is 8.43. The summed E-state index contributed by atoms with van der Waals surface area (Å²) in [6, 6.07) is 14.1. The molecule has 29 heavy (non-hydrogen) atoms. The van der Waals surface area contributed by atoms with E-state index in [9.17, 15) is 14.4 Å². The van der Waals surface area contributed by atoms with Crippen molar-refractivity contribution in [3.63, 3.8) is 0 Å². The Kier molecular flexibility index (Phi) is 5.78. The molecule has 7 heteroatoms. The van der Waals surface area contributed by atoms with Gasteiger partial charge in [-0.3, -0.25) is 14.4 Å². The van der Waals surface area contributed by atoms with Crippen LogP contribution in [-0.4, -0.2) is 22.6 Å². The van der Waals surface area contributed by atoms with Gasteiger partial charge in [-0.2, -0.15) is 0 Å². The van der Waals surface area contributed by atoms with Crippen molar-refractivity contribution >= 4 is 23.7 Å². The summed E-state index contributed by atoms with van der Waals surface area (Å²) in [5.41, 5.74) is 1.45. The molecular formula is C22H21N3O4. The molecule has 0 fully saturated rings. The Morgan fingerprint density at radius 3 is 2.17 bits per heavy atom. The Hall–Kier alpha value is -3.87. The van der Waals surface area contributed by atoms with Crippen molar-refractivity contribution in [2.75, 3.05) is 12.4 Å². The monoisotopic (exact) mass is 391 g/mol. The number of hydrogen-bond acceptors (Lipinski definition) is 4. The highest BCUT2D eigenvalue weighted by atomic mass is 16.5. The van der Waals surface area contributed by atoms with Crippen molar-refractivity contribution in [2.45, 2.75) is 6.92 Å². The van der Waals surface area contributed by atoms with Crippen LogP contribution < -0.4 is 31.9 Å². The van der Waals surface area contributed by atoms with E-state index in [0.717, 1.165) is 11.1 Å². The number of aromatic amines is 1. The maximum absolute atomic E-state index is 12.7. The molecule has 0 radical (unpaired) electrons. The molecule has 0 saturated carbocycles. The number of benzene rings is 2. The molecule has 0 spiro atoms. The summed E-state index contributed by atoms with van der Waals surface area (Å²) in [5.74, 6) is 0.544. The van der Waals surface area contributed by atoms with Gasteiger partial charge in [0.15, 0.2) is 0 Å². The van der Waals surface area contributed by atoms with Crippen molar-refractivity contribution in [3.8, 4) is 5.75 Å². The van der Waals surface area contributed by atoms with E-state index < -0.39 is 0 Å². The SMILES string of the molecule is COc1ccc(/C=c2/c(=O)[nH]/c(=C\c3ccc(NC(C)=O)cc3)c(=O)n2C)cc1. The van der Waals surface area contributed by atoms with Crippen LogP contribution in [0.15, 0.2) is 58.1 Å². The molecule has 2 N–H and O–H groups in total. The van der Waals surface area contributed by atoms with Gasteiger partial charge in [0.2, 0.25) is 5.91 Å². The largest absolute Gasteiger partial charge is 0.497 e. The number of rotatable bonds is 4. The van der Waals surface area contributed by atoms with Gasteiger partial charge in [-0.15, -0.1) is 0 Å². The third-order valence-corrected chi connectivity index (χ3v) is 4.34. The first-order valence-corrected chi connectivity index (χ1v) is 8.92. The minimum atomic E-state index is -0.371. The van der Waals surface area contributed by atoms with Gasteiger partial charge in [0.1, 0.15) is 16.4 Å². The first kappa shape index (κ1) is 19.9. The number of ether oxygens (including phenoxy) is 1. The number of carbonyl (C=O) groups is 1. The second-order valence-corrected chi connectivity index (χ2v) is 6.48. The van der Waals surface area contributed by atoms with Gasteiger partial charge in [-0.05, 0) is 47.5 Å². The predicted molar refractivity (Wildman–Crippen MR) is 112 cm³/mol. The number of carbonyl (C=O) groups excluding carboxylic acids is 1. The van der Waals surface area contributed by atoms with Crippen molar-refractivity contribution in [2.24, 2.45) is 7.05 Å². The third kappa shape index (κ3) is 4.70. The van der Waals surface area contributed by atoms with E-state index in [1.165, 1.54) is 11.5 Å². The molecule has 3 aromatic rings. The van der Waals surface area contributed by atoms with Crippen LogP contribution in [0.1, 0.15) is 18.1 Å². The Labute approximate surface area is 166 Å². The Morgan fingerprint density at radius 2 is 1.59 bits per heavy atom. The summed E-state index contributed by atoms with van der Waals surface area (Å²) >= 11 is 0. The van der Waals surface area contributed by atoms with Crippen molar-refractivity contribution in [1.82, 2.24) is 9.55 Å². The van der Waals surface area contributed by atoms with E-state index in [2.05, 4.69) is 10.3 Å². The number of aromatic nitrogens is 2. The van der Waals surface area contributed by atoms with Gasteiger partial charge in [0, 0.05) is 19.7 Å². The van der Waals surface area contributed by atoms with Gasteiger partial charge in [0.25, 0.3) is 11.1 Å². The van der Waals surface area contributed by atoms with E-state index in [4.69, 9.17) is 4.74 Å². The average Bonchev–Trinajstić information content (AvgIpc) is 2.71. The molecule has 0 bridgehead atoms. The van der Waals surface area contributed by atoms with Gasteiger partial charge in [0.05, 0.1) is 7.11 Å². The molecule has 0 saturated heterocycles. The number of amides is 1. The van der Waals surface area contributed by atoms with Gasteiger partial charge < -0.3 is 19.6 Å². The summed E-state index contributed by atoms with van der Waals surface area (Å²) in [6.07, 6.45) is 3.24. The molecule has 3 rings (SSSR count). The molecule has 0 aliphatic carbocycles. The lowest BCUT2D eigenvalue weighted by Crippen LogP contribution is -2.52. The van der Waals surface area contributed by atoms with Crippen LogP contribution in [0, 0.1) is 0 Å². The topological polar surface area (TPSA) is 93.2 Å². The molecule has 1 heterocycles. The lowest BCUT2D eigenvalue weighted by atomic mass is 10.2. The number of hydrogen-bond donors (Lipinski definition) is 2. The lowest BCUT2D eigenvalue weighted by Gasteiger charge is -2.03. The highest BCUT2D eigenvalue weighted by Gasteiger charge is 2.02. The van der Waals surface area contributed by atoms with Crippen LogP contribution in [0.2, 0.25) is 0 Å². The van der Waals surface area contributed by atoms with Gasteiger partial charge in [-0.1, -0.05) is 24.3 Å². The van der Waals surface area contributed by atoms with Crippen LogP contribution in [0.4, 0.5) is 5.69 Å². The Bertz CT molecular complexity index is 1270. The molecule has 2 aromatic carbocycles. The number of anilines is 1. The molecule has 1 aromatic heterocycles. The van der Waals surface area contributed by atoms with Crippen molar-refractivity contribution in [1.29, 1.82) is 0 Å². The van der Waals surface area contributed by atoms with E-state index in [0.29, 0.717) is 11.4 Å². The highest BCUT2D eigenvalue weighted by Crippen LogP contribution is 2.11. The molecule has 1 amide bonds. The van der Waals surface area contributed by atoms with Crippen LogP contribution >= 0.6 is 0 Å². The van der Waals surface area contributed by atoms with E-state index in [1.807, 2.05) is 0 Å². The summed E-state index contributed by atoms with van der Waals surface area (Å²) in [7, 11) is 3.14. The first-order chi connectivity index (χ1) is 13.9. The van der Waals surface area contributed by atoms with E-state index >= 15 is 0 Å². The number of H-pyrrole nitrogens is 1. The van der Waals surface area contributed by atoms with Crippen LogP contribution in [0.25, 0.3) is 12.2 Å². The average molecular weight is 391 g/mol. The quantitative estimate of drug-likeness (QED) is 0.685. The molecule has 0 atom stereocenters. The fraction of sp³-hybridized carbons (Fsp3) is 0.136. The van der Waals surface area contributed by atoms with Crippen molar-refractivity contribution < 1.29 is 9.53 Å². The van der Waals surface area contributed by atoms with Crippen molar-refractivity contribution in [3.05, 3.63) is 91.1 Å². The minimum Gasteiger partial charge on any atom is -0.497 e. The Morgan fingerprint density at radius 1 is 1.00 bits per heavy atom. The summed E-state index contributed by atoms with van der Waals surface area (Å²) in [4.78, 5) is 39.0. The van der Waals surface area contributed by atoms with Crippen LogP contribution in [0.5, 0.6) is 5.75 Å². The summed E-state index contributed by atoms with van der Waals surface area (Å²) < 4.78 is 6.44. The highest BCUT2D eigenvalue weighted by molar-refractivity contribution is 5.88. The minimum absolute atomic E-state index is 0.163.